The summed E-state index contributed by atoms with van der Waals surface area (Å²) in [5.74, 6) is -0.696. The Hall–Kier alpha value is -2.12. The standard InChI is InChI=1S/C19H16BrNO4S/c1-2-17(26-19-21-14-5-3-4-6-16(14)25-19)18(23)24-11-15(22)12-7-9-13(20)10-8-12/h3-10,17H,2,11H2,1H3/t17-/m1/s1. The molecule has 3 aromatic rings. The minimum Gasteiger partial charge on any atom is -0.456 e. The van der Waals surface area contributed by atoms with Gasteiger partial charge in [-0.2, -0.15) is 0 Å². The van der Waals surface area contributed by atoms with Gasteiger partial charge in [-0.05, 0) is 30.7 Å². The maximum absolute atomic E-state index is 12.3. The van der Waals surface area contributed by atoms with Gasteiger partial charge in [-0.3, -0.25) is 9.59 Å². The summed E-state index contributed by atoms with van der Waals surface area (Å²) < 4.78 is 11.7. The van der Waals surface area contributed by atoms with Gasteiger partial charge in [-0.15, -0.1) is 0 Å². The van der Waals surface area contributed by atoms with E-state index in [1.165, 1.54) is 11.8 Å². The molecule has 0 aliphatic carbocycles. The summed E-state index contributed by atoms with van der Waals surface area (Å²) in [6, 6.07) is 14.3. The minimum absolute atomic E-state index is 0.243. The second-order valence-corrected chi connectivity index (χ2v) is 7.57. The predicted octanol–water partition coefficient (Wildman–Crippen LogP) is 4.89. The lowest BCUT2D eigenvalue weighted by Crippen LogP contribution is -2.23. The van der Waals surface area contributed by atoms with Gasteiger partial charge in [0, 0.05) is 10.0 Å². The highest BCUT2D eigenvalue weighted by Gasteiger charge is 2.23. The zero-order chi connectivity index (χ0) is 18.5. The number of esters is 1. The fourth-order valence-corrected chi connectivity index (χ4v) is 3.40. The number of carbonyl (C=O) groups excluding carboxylic acids is 2. The van der Waals surface area contributed by atoms with E-state index in [9.17, 15) is 9.59 Å². The maximum Gasteiger partial charge on any atom is 0.320 e. The highest BCUT2D eigenvalue weighted by Crippen LogP contribution is 2.28. The molecule has 0 aliphatic rings. The first kappa shape index (κ1) is 18.7. The molecule has 26 heavy (non-hydrogen) atoms. The minimum atomic E-state index is -0.485. The molecule has 0 N–H and O–H groups in total. The number of halogens is 1. The summed E-state index contributed by atoms with van der Waals surface area (Å²) in [5.41, 5.74) is 1.91. The molecule has 1 aromatic heterocycles. The summed E-state index contributed by atoms with van der Waals surface area (Å²) in [7, 11) is 0. The van der Waals surface area contributed by atoms with E-state index in [-0.39, 0.29) is 12.4 Å². The SMILES string of the molecule is CC[C@@H](Sc1nc2ccccc2o1)C(=O)OCC(=O)c1ccc(Br)cc1. The second-order valence-electron chi connectivity index (χ2n) is 5.50. The Morgan fingerprint density at radius 2 is 1.92 bits per heavy atom. The van der Waals surface area contributed by atoms with E-state index >= 15 is 0 Å². The average molecular weight is 434 g/mol. The average Bonchev–Trinajstić information content (AvgIpc) is 3.07. The van der Waals surface area contributed by atoms with Gasteiger partial charge >= 0.3 is 5.97 Å². The van der Waals surface area contributed by atoms with Gasteiger partial charge in [0.25, 0.3) is 5.22 Å². The number of Topliss-reactive ketones (excluding diaryl/α,β-unsaturated/α-hetero) is 1. The van der Waals surface area contributed by atoms with Crippen LogP contribution in [0.3, 0.4) is 0 Å². The summed E-state index contributed by atoms with van der Waals surface area (Å²) in [5, 5.41) is -0.0741. The molecule has 0 spiro atoms. The van der Waals surface area contributed by atoms with Gasteiger partial charge in [0.15, 0.2) is 18.0 Å². The van der Waals surface area contributed by atoms with Crippen LogP contribution in [0.15, 0.2) is 62.6 Å². The number of hydrogen-bond donors (Lipinski definition) is 0. The molecule has 0 radical (unpaired) electrons. The number of carbonyl (C=O) groups is 2. The molecule has 0 aliphatic heterocycles. The summed E-state index contributed by atoms with van der Waals surface area (Å²) in [6.07, 6.45) is 0.536. The number of oxazole rings is 1. The van der Waals surface area contributed by atoms with E-state index in [2.05, 4.69) is 20.9 Å². The van der Waals surface area contributed by atoms with Gasteiger partial charge in [0.1, 0.15) is 10.8 Å². The molecule has 0 bridgehead atoms. The normalized spacial score (nSPS) is 12.1. The third kappa shape index (κ3) is 4.53. The van der Waals surface area contributed by atoms with Crippen molar-refractivity contribution in [2.45, 2.75) is 23.8 Å². The lowest BCUT2D eigenvalue weighted by atomic mass is 10.1. The van der Waals surface area contributed by atoms with E-state index in [0.717, 1.165) is 9.99 Å². The predicted molar refractivity (Wildman–Crippen MR) is 103 cm³/mol. The van der Waals surface area contributed by atoms with Crippen molar-refractivity contribution in [1.29, 1.82) is 0 Å². The van der Waals surface area contributed by atoms with E-state index < -0.39 is 11.2 Å². The smallest absolute Gasteiger partial charge is 0.320 e. The van der Waals surface area contributed by atoms with Crippen LogP contribution in [0, 0.1) is 0 Å². The zero-order valence-electron chi connectivity index (χ0n) is 14.0. The molecule has 3 rings (SSSR count). The first-order valence-electron chi connectivity index (χ1n) is 8.04. The van der Waals surface area contributed by atoms with Gasteiger partial charge in [0.05, 0.1) is 0 Å². The van der Waals surface area contributed by atoms with Crippen molar-refractivity contribution >= 4 is 50.5 Å². The van der Waals surface area contributed by atoms with Crippen molar-refractivity contribution < 1.29 is 18.7 Å². The molecule has 0 saturated heterocycles. The third-order valence-corrected chi connectivity index (χ3v) is 5.38. The fraction of sp³-hybridized carbons (Fsp3) is 0.211. The number of aromatic nitrogens is 1. The number of hydrogen-bond acceptors (Lipinski definition) is 6. The maximum atomic E-state index is 12.3. The zero-order valence-corrected chi connectivity index (χ0v) is 16.4. The van der Waals surface area contributed by atoms with Crippen LogP contribution in [0.25, 0.3) is 11.1 Å². The van der Waals surface area contributed by atoms with Crippen molar-refractivity contribution in [2.24, 2.45) is 0 Å². The molecule has 1 heterocycles. The van der Waals surface area contributed by atoms with E-state index in [0.29, 0.717) is 22.8 Å². The summed E-state index contributed by atoms with van der Waals surface area (Å²) >= 11 is 4.52. The van der Waals surface area contributed by atoms with Crippen LogP contribution >= 0.6 is 27.7 Å². The number of nitrogens with zero attached hydrogens (tertiary/aromatic N) is 1. The van der Waals surface area contributed by atoms with Crippen molar-refractivity contribution in [3.8, 4) is 0 Å². The van der Waals surface area contributed by atoms with Crippen LogP contribution in [0.1, 0.15) is 23.7 Å². The lowest BCUT2D eigenvalue weighted by molar-refractivity contribution is -0.141. The number of benzene rings is 2. The number of rotatable bonds is 7. The van der Waals surface area contributed by atoms with Crippen LogP contribution in [-0.2, 0) is 9.53 Å². The highest BCUT2D eigenvalue weighted by atomic mass is 79.9. The Morgan fingerprint density at radius 3 is 2.62 bits per heavy atom. The van der Waals surface area contributed by atoms with Crippen molar-refractivity contribution in [1.82, 2.24) is 4.98 Å². The van der Waals surface area contributed by atoms with Crippen molar-refractivity contribution in [3.05, 3.63) is 58.6 Å². The fourth-order valence-electron chi connectivity index (χ4n) is 2.27. The van der Waals surface area contributed by atoms with Gasteiger partial charge in [-0.25, -0.2) is 4.98 Å². The molecule has 5 nitrogen and oxygen atoms in total. The molecule has 0 amide bonds. The Morgan fingerprint density at radius 1 is 1.19 bits per heavy atom. The molecule has 134 valence electrons. The Kier molecular flexibility index (Phi) is 6.11. The van der Waals surface area contributed by atoms with Crippen LogP contribution in [0.5, 0.6) is 0 Å². The first-order valence-corrected chi connectivity index (χ1v) is 9.71. The number of thioether (sulfide) groups is 1. The monoisotopic (exact) mass is 433 g/mol. The molecule has 0 unspecified atom stereocenters. The van der Waals surface area contributed by atoms with Crippen LogP contribution < -0.4 is 0 Å². The molecule has 7 heteroatoms. The lowest BCUT2D eigenvalue weighted by Gasteiger charge is -2.11. The number of fused-ring (bicyclic) bond motifs is 1. The summed E-state index contributed by atoms with van der Waals surface area (Å²) in [4.78, 5) is 28.8. The van der Waals surface area contributed by atoms with Gasteiger partial charge in [0.2, 0.25) is 0 Å². The quantitative estimate of drug-likeness (QED) is 0.300. The highest BCUT2D eigenvalue weighted by molar-refractivity contribution is 9.10. The Bertz CT molecular complexity index is 890. The molecule has 0 fully saturated rings. The second kappa shape index (κ2) is 8.51. The number of ketones is 1. The molecule has 2 aromatic carbocycles. The topological polar surface area (TPSA) is 69.4 Å². The molecule has 1 atom stereocenters. The van der Waals surface area contributed by atoms with E-state index in [1.807, 2.05) is 31.2 Å². The number of ether oxygens (including phenoxy) is 1. The first-order chi connectivity index (χ1) is 12.6. The van der Waals surface area contributed by atoms with Crippen molar-refractivity contribution in [2.75, 3.05) is 6.61 Å². The molecular formula is C19H16BrNO4S. The van der Waals surface area contributed by atoms with Crippen LogP contribution in [-0.4, -0.2) is 28.6 Å². The van der Waals surface area contributed by atoms with E-state index in [4.69, 9.17) is 9.15 Å². The van der Waals surface area contributed by atoms with E-state index in [1.54, 1.807) is 24.3 Å². The Balaban J connectivity index is 1.59. The van der Waals surface area contributed by atoms with Crippen molar-refractivity contribution in [3.63, 3.8) is 0 Å². The third-order valence-electron chi connectivity index (χ3n) is 3.66. The van der Waals surface area contributed by atoms with Crippen LogP contribution in [0.4, 0.5) is 0 Å². The molecule has 0 saturated carbocycles. The van der Waals surface area contributed by atoms with Gasteiger partial charge in [-0.1, -0.05) is 58.9 Å². The van der Waals surface area contributed by atoms with Crippen LogP contribution in [0.2, 0.25) is 0 Å². The molecular weight excluding hydrogens is 418 g/mol. The summed E-state index contributed by atoms with van der Waals surface area (Å²) in [6.45, 7) is 1.59. The number of para-hydroxylation sites is 2. The Labute approximate surface area is 163 Å². The van der Waals surface area contributed by atoms with Gasteiger partial charge < -0.3 is 9.15 Å². The largest absolute Gasteiger partial charge is 0.456 e.